The van der Waals surface area contributed by atoms with Crippen LogP contribution in [0, 0.1) is 10.1 Å². The Labute approximate surface area is 183 Å². The summed E-state index contributed by atoms with van der Waals surface area (Å²) in [7, 11) is 0. The number of carbonyl (C=O) groups excluding carboxylic acids is 2. The number of unbranched alkanes of at least 4 members (excludes halogenated alkanes) is 1. The van der Waals surface area contributed by atoms with Gasteiger partial charge in [-0.25, -0.2) is 4.99 Å². The summed E-state index contributed by atoms with van der Waals surface area (Å²) < 4.78 is 0. The van der Waals surface area contributed by atoms with E-state index in [-0.39, 0.29) is 30.3 Å². The molecular weight excluding hydrogens is 420 g/mol. The van der Waals surface area contributed by atoms with Crippen molar-refractivity contribution in [3.05, 3.63) is 64.7 Å². The molecule has 1 saturated heterocycles. The molecule has 2 amide bonds. The standard InChI is InChI=1S/C21H22N4O5S/c26-13-7-6-12-24-20(28)18(31-21(24)22-15-8-2-1-3-9-15)14-19(27)23-16-10-4-5-11-17(16)25(29)30/h1-5,8-11,18,26H,6-7,12-14H2,(H,23,27). The van der Waals surface area contributed by atoms with Gasteiger partial charge in [-0.3, -0.25) is 24.6 Å². The van der Waals surface area contributed by atoms with E-state index in [1.165, 1.54) is 34.9 Å². The maximum atomic E-state index is 12.9. The predicted molar refractivity (Wildman–Crippen MR) is 119 cm³/mol. The molecule has 1 aliphatic heterocycles. The number of amidine groups is 1. The molecule has 1 aliphatic rings. The molecule has 1 atom stereocenters. The van der Waals surface area contributed by atoms with E-state index in [9.17, 15) is 19.7 Å². The zero-order chi connectivity index (χ0) is 22.2. The molecule has 1 fully saturated rings. The predicted octanol–water partition coefficient (Wildman–Crippen LogP) is 3.33. The van der Waals surface area contributed by atoms with Crippen molar-refractivity contribution in [3.8, 4) is 0 Å². The number of para-hydroxylation sites is 3. The van der Waals surface area contributed by atoms with Gasteiger partial charge in [0.25, 0.3) is 5.69 Å². The second kappa shape index (κ2) is 10.7. The van der Waals surface area contributed by atoms with E-state index in [4.69, 9.17) is 5.11 Å². The van der Waals surface area contributed by atoms with Crippen LogP contribution < -0.4 is 5.32 Å². The number of hydrogen-bond donors (Lipinski definition) is 2. The van der Waals surface area contributed by atoms with Crippen LogP contribution >= 0.6 is 11.8 Å². The van der Waals surface area contributed by atoms with Crippen LogP contribution in [0.1, 0.15) is 19.3 Å². The minimum Gasteiger partial charge on any atom is -0.396 e. The highest BCUT2D eigenvalue weighted by Crippen LogP contribution is 2.32. The normalized spacial score (nSPS) is 17.2. The van der Waals surface area contributed by atoms with Crippen LogP contribution in [0.3, 0.4) is 0 Å². The molecule has 10 heteroatoms. The van der Waals surface area contributed by atoms with E-state index in [0.29, 0.717) is 30.2 Å². The third kappa shape index (κ3) is 5.89. The number of nitro groups is 1. The van der Waals surface area contributed by atoms with E-state index in [1.54, 1.807) is 6.07 Å². The van der Waals surface area contributed by atoms with Crippen molar-refractivity contribution in [2.75, 3.05) is 18.5 Å². The lowest BCUT2D eigenvalue weighted by Crippen LogP contribution is -2.34. The average molecular weight is 442 g/mol. The van der Waals surface area contributed by atoms with Crippen molar-refractivity contribution in [3.63, 3.8) is 0 Å². The zero-order valence-electron chi connectivity index (χ0n) is 16.6. The molecule has 0 aromatic heterocycles. The summed E-state index contributed by atoms with van der Waals surface area (Å²) >= 11 is 1.20. The molecule has 0 saturated carbocycles. The number of nitrogens with one attached hydrogen (secondary N) is 1. The van der Waals surface area contributed by atoms with Gasteiger partial charge in [-0.05, 0) is 31.0 Å². The van der Waals surface area contributed by atoms with Crippen LogP contribution in [-0.4, -0.2) is 50.3 Å². The SMILES string of the molecule is O=C(CC1SC(=Nc2ccccc2)N(CCCCO)C1=O)Nc1ccccc1[N+](=O)[O-]. The van der Waals surface area contributed by atoms with E-state index in [2.05, 4.69) is 10.3 Å². The van der Waals surface area contributed by atoms with Gasteiger partial charge in [-0.1, -0.05) is 42.1 Å². The molecule has 2 aromatic carbocycles. The Morgan fingerprint density at radius 3 is 2.58 bits per heavy atom. The summed E-state index contributed by atoms with van der Waals surface area (Å²) in [5.74, 6) is -0.730. The minimum absolute atomic E-state index is 0.0298. The number of rotatable bonds is 9. The summed E-state index contributed by atoms with van der Waals surface area (Å²) in [5, 5.41) is 22.5. The largest absolute Gasteiger partial charge is 0.396 e. The maximum absolute atomic E-state index is 12.9. The molecule has 2 aromatic rings. The number of benzene rings is 2. The van der Waals surface area contributed by atoms with E-state index in [1.807, 2.05) is 30.3 Å². The Kier molecular flexibility index (Phi) is 7.74. The van der Waals surface area contributed by atoms with Gasteiger partial charge in [0.2, 0.25) is 11.8 Å². The van der Waals surface area contributed by atoms with Crippen molar-refractivity contribution in [1.82, 2.24) is 4.90 Å². The third-order valence-corrected chi connectivity index (χ3v) is 5.71. The lowest BCUT2D eigenvalue weighted by Gasteiger charge is -2.16. The summed E-state index contributed by atoms with van der Waals surface area (Å²) in [4.78, 5) is 42.1. The number of anilines is 1. The van der Waals surface area contributed by atoms with Crippen molar-refractivity contribution in [1.29, 1.82) is 0 Å². The quantitative estimate of drug-likeness (QED) is 0.349. The minimum atomic E-state index is -0.681. The molecule has 0 radical (unpaired) electrons. The molecular formula is C21H22N4O5S. The molecule has 1 unspecified atom stereocenters. The van der Waals surface area contributed by atoms with Crippen LogP contribution in [0.25, 0.3) is 0 Å². The smallest absolute Gasteiger partial charge is 0.292 e. The van der Waals surface area contributed by atoms with Gasteiger partial charge in [0.05, 0.1) is 10.6 Å². The number of aliphatic imine (C=N–C) groups is 1. The number of thioether (sulfide) groups is 1. The number of nitrogens with zero attached hydrogens (tertiary/aromatic N) is 3. The Morgan fingerprint density at radius 1 is 1.16 bits per heavy atom. The Bertz CT molecular complexity index is 983. The Morgan fingerprint density at radius 2 is 1.87 bits per heavy atom. The third-order valence-electron chi connectivity index (χ3n) is 4.54. The summed E-state index contributed by atoms with van der Waals surface area (Å²) in [5.41, 5.74) is 0.569. The monoisotopic (exact) mass is 442 g/mol. The molecule has 3 rings (SSSR count). The number of hydrogen-bond acceptors (Lipinski definition) is 7. The molecule has 0 bridgehead atoms. The number of aliphatic hydroxyl groups excluding tert-OH is 1. The van der Waals surface area contributed by atoms with Crippen LogP contribution in [0.4, 0.5) is 17.1 Å². The van der Waals surface area contributed by atoms with Crippen LogP contribution in [0.2, 0.25) is 0 Å². The lowest BCUT2D eigenvalue weighted by molar-refractivity contribution is -0.383. The lowest BCUT2D eigenvalue weighted by atomic mass is 10.2. The van der Waals surface area contributed by atoms with Gasteiger partial charge in [0.15, 0.2) is 5.17 Å². The Hall–Kier alpha value is -3.24. The van der Waals surface area contributed by atoms with Crippen molar-refractivity contribution in [2.45, 2.75) is 24.5 Å². The van der Waals surface area contributed by atoms with Crippen LogP contribution in [0.15, 0.2) is 59.6 Å². The number of amides is 2. The van der Waals surface area contributed by atoms with Crippen molar-refractivity contribution < 1.29 is 19.6 Å². The van der Waals surface area contributed by atoms with E-state index >= 15 is 0 Å². The van der Waals surface area contributed by atoms with E-state index in [0.717, 1.165) is 0 Å². The fourth-order valence-electron chi connectivity index (χ4n) is 3.03. The van der Waals surface area contributed by atoms with Gasteiger partial charge >= 0.3 is 0 Å². The van der Waals surface area contributed by atoms with Gasteiger partial charge in [0.1, 0.15) is 10.9 Å². The summed E-state index contributed by atoms with van der Waals surface area (Å²) in [6.45, 7) is 0.419. The number of nitro benzene ring substituents is 1. The first-order valence-corrected chi connectivity index (χ1v) is 10.6. The summed E-state index contributed by atoms with van der Waals surface area (Å²) in [6.07, 6.45) is 1.02. The van der Waals surface area contributed by atoms with E-state index < -0.39 is 16.1 Å². The molecule has 9 nitrogen and oxygen atoms in total. The highest BCUT2D eigenvalue weighted by molar-refractivity contribution is 8.15. The first-order valence-electron chi connectivity index (χ1n) is 9.75. The second-order valence-electron chi connectivity index (χ2n) is 6.78. The van der Waals surface area contributed by atoms with Crippen molar-refractivity contribution in [2.24, 2.45) is 4.99 Å². The van der Waals surface area contributed by atoms with Gasteiger partial charge in [0, 0.05) is 25.6 Å². The molecule has 0 aliphatic carbocycles. The molecule has 162 valence electrons. The van der Waals surface area contributed by atoms with Crippen LogP contribution in [0.5, 0.6) is 0 Å². The molecule has 1 heterocycles. The highest BCUT2D eigenvalue weighted by Gasteiger charge is 2.39. The number of aliphatic hydroxyl groups is 1. The van der Waals surface area contributed by atoms with Gasteiger partial charge < -0.3 is 10.4 Å². The fourth-order valence-corrected chi connectivity index (χ4v) is 4.22. The molecule has 31 heavy (non-hydrogen) atoms. The van der Waals surface area contributed by atoms with Crippen LogP contribution in [-0.2, 0) is 9.59 Å². The fraction of sp³-hybridized carbons (Fsp3) is 0.286. The zero-order valence-corrected chi connectivity index (χ0v) is 17.5. The first-order chi connectivity index (χ1) is 15.0. The second-order valence-corrected chi connectivity index (χ2v) is 7.95. The first kappa shape index (κ1) is 22.4. The molecule has 2 N–H and O–H groups in total. The molecule has 0 spiro atoms. The average Bonchev–Trinajstić information content (AvgIpc) is 3.03. The number of carbonyl (C=O) groups is 2. The summed E-state index contributed by atoms with van der Waals surface area (Å²) in [6, 6.07) is 15.0. The van der Waals surface area contributed by atoms with Gasteiger partial charge in [-0.2, -0.15) is 0 Å². The maximum Gasteiger partial charge on any atom is 0.292 e. The van der Waals surface area contributed by atoms with Crippen molar-refractivity contribution >= 4 is 45.8 Å². The van der Waals surface area contributed by atoms with Gasteiger partial charge in [-0.15, -0.1) is 0 Å². The topological polar surface area (TPSA) is 125 Å². The Balaban J connectivity index is 1.73. The highest BCUT2D eigenvalue weighted by atomic mass is 32.2.